The highest BCUT2D eigenvalue weighted by Crippen LogP contribution is 2.19. The molecule has 1 aliphatic heterocycles. The second-order valence-corrected chi connectivity index (χ2v) is 5.44. The lowest BCUT2D eigenvalue weighted by molar-refractivity contribution is 0.243. The third kappa shape index (κ3) is 3.25. The van der Waals surface area contributed by atoms with Gasteiger partial charge in [-0.25, -0.2) is 13.2 Å². The van der Waals surface area contributed by atoms with Crippen molar-refractivity contribution < 1.29 is 13.2 Å². The molecule has 0 aromatic heterocycles. The Labute approximate surface area is 127 Å². The van der Waals surface area contributed by atoms with Crippen molar-refractivity contribution in [3.63, 3.8) is 0 Å². The number of rotatable bonds is 3. The maximum Gasteiger partial charge on any atom is 0.130 e. The van der Waals surface area contributed by atoms with Gasteiger partial charge < -0.3 is 4.90 Å². The molecule has 0 amide bonds. The van der Waals surface area contributed by atoms with Crippen LogP contribution in [0.5, 0.6) is 0 Å². The molecule has 0 bridgehead atoms. The van der Waals surface area contributed by atoms with E-state index < -0.39 is 11.6 Å². The summed E-state index contributed by atoms with van der Waals surface area (Å²) in [6.07, 6.45) is 0. The quantitative estimate of drug-likeness (QED) is 0.857. The van der Waals surface area contributed by atoms with E-state index in [1.165, 1.54) is 30.3 Å². The lowest BCUT2D eigenvalue weighted by Crippen LogP contribution is -2.46. The van der Waals surface area contributed by atoms with Gasteiger partial charge in [0.25, 0.3) is 0 Å². The topological polar surface area (TPSA) is 6.48 Å². The van der Waals surface area contributed by atoms with Gasteiger partial charge in [-0.05, 0) is 36.4 Å². The van der Waals surface area contributed by atoms with Crippen molar-refractivity contribution in [1.82, 2.24) is 4.90 Å². The van der Waals surface area contributed by atoms with Crippen molar-refractivity contribution in [2.45, 2.75) is 6.54 Å². The molecule has 0 radical (unpaired) electrons. The van der Waals surface area contributed by atoms with E-state index in [9.17, 15) is 13.2 Å². The molecule has 0 spiro atoms. The van der Waals surface area contributed by atoms with Crippen LogP contribution in [0.2, 0.25) is 0 Å². The van der Waals surface area contributed by atoms with Crippen LogP contribution in [0, 0.1) is 17.5 Å². The van der Waals surface area contributed by atoms with Gasteiger partial charge in [-0.1, -0.05) is 6.07 Å². The summed E-state index contributed by atoms with van der Waals surface area (Å²) in [5, 5.41) is 0. The van der Waals surface area contributed by atoms with Gasteiger partial charge in [0.1, 0.15) is 17.5 Å². The fourth-order valence-corrected chi connectivity index (χ4v) is 2.72. The second-order valence-electron chi connectivity index (χ2n) is 5.44. The van der Waals surface area contributed by atoms with Crippen LogP contribution in [0.3, 0.4) is 0 Å². The van der Waals surface area contributed by atoms with E-state index in [0.29, 0.717) is 13.1 Å². The van der Waals surface area contributed by atoms with E-state index in [1.807, 2.05) is 4.90 Å². The molecular formula is C17H17F3N2. The number of halogens is 3. The summed E-state index contributed by atoms with van der Waals surface area (Å²) in [7, 11) is 0. The number of benzene rings is 2. The van der Waals surface area contributed by atoms with Crippen LogP contribution in [0.15, 0.2) is 42.5 Å². The molecular weight excluding hydrogens is 289 g/mol. The zero-order valence-corrected chi connectivity index (χ0v) is 12.1. The summed E-state index contributed by atoms with van der Waals surface area (Å²) in [4.78, 5) is 4.18. The van der Waals surface area contributed by atoms with E-state index >= 15 is 0 Å². The third-order valence-corrected chi connectivity index (χ3v) is 4.01. The number of hydrogen-bond donors (Lipinski definition) is 0. The Kier molecular flexibility index (Phi) is 4.34. The summed E-state index contributed by atoms with van der Waals surface area (Å²) in [6, 6.07) is 10.3. The normalized spacial score (nSPS) is 16.0. The number of nitrogens with zero attached hydrogens (tertiary/aromatic N) is 2. The Hall–Kier alpha value is -2.01. The summed E-state index contributed by atoms with van der Waals surface area (Å²) in [5.41, 5.74) is 1.09. The standard InChI is InChI=1S/C17H17F3N2/c18-13-4-6-14(7-5-13)22-10-8-21(9-11-22)12-15-16(19)2-1-3-17(15)20/h1-7H,8-12H2. The maximum absolute atomic E-state index is 13.7. The highest BCUT2D eigenvalue weighted by Gasteiger charge is 2.19. The molecule has 1 aliphatic rings. The average molecular weight is 306 g/mol. The van der Waals surface area contributed by atoms with Crippen molar-refractivity contribution in [3.05, 3.63) is 65.5 Å². The monoisotopic (exact) mass is 306 g/mol. The van der Waals surface area contributed by atoms with Crippen LogP contribution >= 0.6 is 0 Å². The number of piperazine rings is 1. The lowest BCUT2D eigenvalue weighted by atomic mass is 10.1. The van der Waals surface area contributed by atoms with Gasteiger partial charge in [0.15, 0.2) is 0 Å². The number of anilines is 1. The maximum atomic E-state index is 13.7. The molecule has 1 saturated heterocycles. The lowest BCUT2D eigenvalue weighted by Gasteiger charge is -2.36. The predicted molar refractivity (Wildman–Crippen MR) is 80.2 cm³/mol. The molecule has 116 valence electrons. The second kappa shape index (κ2) is 6.40. The van der Waals surface area contributed by atoms with Crippen molar-refractivity contribution in [3.8, 4) is 0 Å². The van der Waals surface area contributed by atoms with Crippen molar-refractivity contribution in [1.29, 1.82) is 0 Å². The highest BCUT2D eigenvalue weighted by molar-refractivity contribution is 5.46. The van der Waals surface area contributed by atoms with E-state index in [-0.39, 0.29) is 17.9 Å². The Bertz CT molecular complexity index is 615. The summed E-state index contributed by atoms with van der Waals surface area (Å²) in [5.74, 6) is -1.25. The molecule has 22 heavy (non-hydrogen) atoms. The molecule has 0 N–H and O–H groups in total. The SMILES string of the molecule is Fc1ccc(N2CCN(Cc3c(F)cccc3F)CC2)cc1. The Morgan fingerprint density at radius 2 is 1.36 bits per heavy atom. The fourth-order valence-electron chi connectivity index (χ4n) is 2.72. The highest BCUT2D eigenvalue weighted by atomic mass is 19.1. The zero-order chi connectivity index (χ0) is 15.5. The van der Waals surface area contributed by atoms with Crippen LogP contribution in [0.25, 0.3) is 0 Å². The van der Waals surface area contributed by atoms with Crippen molar-refractivity contribution >= 4 is 5.69 Å². The minimum atomic E-state index is -0.499. The molecule has 0 atom stereocenters. The minimum Gasteiger partial charge on any atom is -0.369 e. The Morgan fingerprint density at radius 3 is 1.95 bits per heavy atom. The molecule has 2 nitrogen and oxygen atoms in total. The molecule has 0 aliphatic carbocycles. The van der Waals surface area contributed by atoms with Crippen LogP contribution in [-0.2, 0) is 6.54 Å². The number of hydrogen-bond acceptors (Lipinski definition) is 2. The van der Waals surface area contributed by atoms with E-state index in [4.69, 9.17) is 0 Å². The van der Waals surface area contributed by atoms with Crippen molar-refractivity contribution in [2.24, 2.45) is 0 Å². The van der Waals surface area contributed by atoms with Gasteiger partial charge in [-0.2, -0.15) is 0 Å². The van der Waals surface area contributed by atoms with Gasteiger partial charge in [0.05, 0.1) is 0 Å². The fraction of sp³-hybridized carbons (Fsp3) is 0.294. The Morgan fingerprint density at radius 1 is 0.773 bits per heavy atom. The van der Waals surface area contributed by atoms with Crippen molar-refractivity contribution in [2.75, 3.05) is 31.1 Å². The smallest absolute Gasteiger partial charge is 0.130 e. The molecule has 2 aromatic carbocycles. The molecule has 3 rings (SSSR count). The van der Waals surface area contributed by atoms with Crippen LogP contribution < -0.4 is 4.90 Å². The van der Waals surface area contributed by atoms with Gasteiger partial charge in [-0.3, -0.25) is 4.90 Å². The first-order valence-corrected chi connectivity index (χ1v) is 7.29. The Balaban J connectivity index is 1.61. The zero-order valence-electron chi connectivity index (χ0n) is 12.1. The van der Waals surface area contributed by atoms with Crippen LogP contribution in [0.1, 0.15) is 5.56 Å². The van der Waals surface area contributed by atoms with Gasteiger partial charge in [-0.15, -0.1) is 0 Å². The summed E-state index contributed by atoms with van der Waals surface area (Å²) >= 11 is 0. The molecule has 1 heterocycles. The summed E-state index contributed by atoms with van der Waals surface area (Å²) in [6.45, 7) is 3.20. The first-order valence-electron chi connectivity index (χ1n) is 7.29. The van der Waals surface area contributed by atoms with Gasteiger partial charge in [0.2, 0.25) is 0 Å². The molecule has 1 fully saturated rings. The summed E-state index contributed by atoms with van der Waals surface area (Å²) < 4.78 is 40.3. The van der Waals surface area contributed by atoms with E-state index in [1.54, 1.807) is 12.1 Å². The molecule has 0 saturated carbocycles. The molecule has 2 aromatic rings. The van der Waals surface area contributed by atoms with Gasteiger partial charge in [0, 0.05) is 44.0 Å². The first kappa shape index (κ1) is 14.9. The van der Waals surface area contributed by atoms with E-state index in [0.717, 1.165) is 18.8 Å². The van der Waals surface area contributed by atoms with Crippen LogP contribution in [0.4, 0.5) is 18.9 Å². The average Bonchev–Trinajstić information content (AvgIpc) is 2.53. The third-order valence-electron chi connectivity index (χ3n) is 4.01. The first-order chi connectivity index (χ1) is 10.6. The largest absolute Gasteiger partial charge is 0.369 e. The van der Waals surface area contributed by atoms with Gasteiger partial charge >= 0.3 is 0 Å². The molecule has 0 unspecified atom stereocenters. The van der Waals surface area contributed by atoms with Crippen LogP contribution in [-0.4, -0.2) is 31.1 Å². The van der Waals surface area contributed by atoms with E-state index in [2.05, 4.69) is 4.90 Å². The predicted octanol–water partition coefficient (Wildman–Crippen LogP) is 3.43. The molecule has 5 heteroatoms. The minimum absolute atomic E-state index is 0.123.